The van der Waals surface area contributed by atoms with Crippen molar-refractivity contribution in [2.24, 2.45) is 0 Å². The second-order valence-corrected chi connectivity index (χ2v) is 5.73. The van der Waals surface area contributed by atoms with E-state index in [1.54, 1.807) is 6.92 Å². The molecule has 0 atom stereocenters. The van der Waals surface area contributed by atoms with Gasteiger partial charge in [0.25, 0.3) is 5.69 Å². The van der Waals surface area contributed by atoms with Gasteiger partial charge in [-0.15, -0.1) is 0 Å². The van der Waals surface area contributed by atoms with Crippen molar-refractivity contribution in [2.75, 3.05) is 25.5 Å². The molecule has 1 aromatic rings. The molecule has 3 N–H and O–H groups in total. The standard InChI is InChI=1S/C11H16N4O5S/c1-3-13-11(16)7-14-21(19,20)8-4-5-9(12-2)10(6-8)15(17)18/h4-6,12,14H,3,7H2,1-2H3,(H,13,16). The van der Waals surface area contributed by atoms with Gasteiger partial charge < -0.3 is 10.6 Å². The fourth-order valence-corrected chi connectivity index (χ4v) is 2.55. The number of sulfonamides is 1. The van der Waals surface area contributed by atoms with Gasteiger partial charge in [0.1, 0.15) is 5.69 Å². The van der Waals surface area contributed by atoms with Crippen LogP contribution >= 0.6 is 0 Å². The second-order valence-electron chi connectivity index (χ2n) is 3.96. The zero-order valence-corrected chi connectivity index (χ0v) is 12.4. The maximum atomic E-state index is 12.0. The number of hydrogen-bond donors (Lipinski definition) is 3. The Labute approximate surface area is 121 Å². The van der Waals surface area contributed by atoms with Crippen molar-refractivity contribution in [3.8, 4) is 0 Å². The molecule has 0 saturated carbocycles. The lowest BCUT2D eigenvalue weighted by Crippen LogP contribution is -2.36. The van der Waals surface area contributed by atoms with Crippen LogP contribution in [-0.2, 0) is 14.8 Å². The summed E-state index contributed by atoms with van der Waals surface area (Å²) in [6.45, 7) is 1.65. The quantitative estimate of drug-likeness (QED) is 0.481. The molecule has 0 aliphatic carbocycles. The summed E-state index contributed by atoms with van der Waals surface area (Å²) in [4.78, 5) is 21.2. The number of nitro benzene ring substituents is 1. The monoisotopic (exact) mass is 316 g/mol. The third-order valence-electron chi connectivity index (χ3n) is 2.54. The number of nitro groups is 1. The SMILES string of the molecule is CCNC(=O)CNS(=O)(=O)c1ccc(NC)c([N+](=O)[O-])c1. The molecule has 0 radical (unpaired) electrons. The van der Waals surface area contributed by atoms with E-state index in [0.717, 1.165) is 6.07 Å². The Morgan fingerprint density at radius 2 is 2.05 bits per heavy atom. The number of nitrogens with one attached hydrogen (secondary N) is 3. The highest BCUT2D eigenvalue weighted by molar-refractivity contribution is 7.89. The van der Waals surface area contributed by atoms with E-state index in [0.29, 0.717) is 6.54 Å². The molecule has 1 aromatic carbocycles. The summed E-state index contributed by atoms with van der Waals surface area (Å²) in [7, 11) is -2.51. The molecule has 0 aliphatic heterocycles. The predicted octanol–water partition coefficient (Wildman–Crippen LogP) is 0.0509. The number of anilines is 1. The highest BCUT2D eigenvalue weighted by Crippen LogP contribution is 2.26. The first-order valence-corrected chi connectivity index (χ1v) is 7.52. The van der Waals surface area contributed by atoms with Crippen molar-refractivity contribution < 1.29 is 18.1 Å². The summed E-state index contributed by atoms with van der Waals surface area (Å²) in [5.41, 5.74) is -0.166. The van der Waals surface area contributed by atoms with Gasteiger partial charge in [-0.3, -0.25) is 14.9 Å². The van der Waals surface area contributed by atoms with E-state index in [1.165, 1.54) is 19.2 Å². The van der Waals surface area contributed by atoms with Gasteiger partial charge in [-0.1, -0.05) is 0 Å². The Kier molecular flexibility index (Phi) is 5.61. The second kappa shape index (κ2) is 6.99. The van der Waals surface area contributed by atoms with Gasteiger partial charge in [-0.25, -0.2) is 13.1 Å². The summed E-state index contributed by atoms with van der Waals surface area (Å²) in [5, 5.41) is 15.9. The molecule has 1 rings (SSSR count). The fourth-order valence-electron chi connectivity index (χ4n) is 1.54. The van der Waals surface area contributed by atoms with E-state index < -0.39 is 27.4 Å². The number of carbonyl (C=O) groups is 1. The summed E-state index contributed by atoms with van der Waals surface area (Å²) in [6, 6.07) is 3.45. The summed E-state index contributed by atoms with van der Waals surface area (Å²) in [5.74, 6) is -0.484. The van der Waals surface area contributed by atoms with Crippen LogP contribution in [0, 0.1) is 10.1 Å². The van der Waals surface area contributed by atoms with Crippen LogP contribution in [0.25, 0.3) is 0 Å². The van der Waals surface area contributed by atoms with E-state index in [4.69, 9.17) is 0 Å². The number of rotatable bonds is 7. The molecule has 116 valence electrons. The number of amides is 1. The molecule has 0 saturated heterocycles. The topological polar surface area (TPSA) is 130 Å². The molecule has 9 nitrogen and oxygen atoms in total. The van der Waals surface area contributed by atoms with Gasteiger partial charge in [0.15, 0.2) is 0 Å². The van der Waals surface area contributed by atoms with Gasteiger partial charge in [0, 0.05) is 19.7 Å². The van der Waals surface area contributed by atoms with Crippen molar-refractivity contribution >= 4 is 27.3 Å². The first kappa shape index (κ1) is 16.9. The van der Waals surface area contributed by atoms with Gasteiger partial charge in [-0.05, 0) is 19.1 Å². The molecule has 21 heavy (non-hydrogen) atoms. The highest BCUT2D eigenvalue weighted by atomic mass is 32.2. The highest BCUT2D eigenvalue weighted by Gasteiger charge is 2.21. The van der Waals surface area contributed by atoms with Crippen molar-refractivity contribution in [3.05, 3.63) is 28.3 Å². The Hall–Kier alpha value is -2.20. The molecular formula is C11H16N4O5S. The number of carbonyl (C=O) groups excluding carboxylic acids is 1. The first-order valence-electron chi connectivity index (χ1n) is 6.04. The Morgan fingerprint density at radius 3 is 2.57 bits per heavy atom. The smallest absolute Gasteiger partial charge is 0.293 e. The van der Waals surface area contributed by atoms with E-state index >= 15 is 0 Å². The lowest BCUT2D eigenvalue weighted by molar-refractivity contribution is -0.384. The molecule has 0 fully saturated rings. The number of hydrogen-bond acceptors (Lipinski definition) is 6. The van der Waals surface area contributed by atoms with Crippen LogP contribution < -0.4 is 15.4 Å². The van der Waals surface area contributed by atoms with Crippen LogP contribution in [-0.4, -0.2) is 39.4 Å². The maximum absolute atomic E-state index is 12.0. The van der Waals surface area contributed by atoms with E-state index in [1.807, 2.05) is 0 Å². The molecule has 0 aliphatic rings. The lowest BCUT2D eigenvalue weighted by Gasteiger charge is -2.08. The molecule has 0 unspecified atom stereocenters. The van der Waals surface area contributed by atoms with Crippen molar-refractivity contribution in [2.45, 2.75) is 11.8 Å². The van der Waals surface area contributed by atoms with Crippen LogP contribution in [0.15, 0.2) is 23.1 Å². The van der Waals surface area contributed by atoms with Crippen molar-refractivity contribution in [1.82, 2.24) is 10.0 Å². The average molecular weight is 316 g/mol. The third kappa shape index (κ3) is 4.39. The van der Waals surface area contributed by atoms with Gasteiger partial charge in [0.2, 0.25) is 15.9 Å². The molecule has 0 bridgehead atoms. The zero-order chi connectivity index (χ0) is 16.0. The molecule has 0 aromatic heterocycles. The zero-order valence-electron chi connectivity index (χ0n) is 11.5. The largest absolute Gasteiger partial charge is 0.383 e. The predicted molar refractivity (Wildman–Crippen MR) is 76.5 cm³/mol. The third-order valence-corrected chi connectivity index (χ3v) is 3.94. The average Bonchev–Trinajstić information content (AvgIpc) is 2.44. The molecule has 0 heterocycles. The first-order chi connectivity index (χ1) is 9.81. The maximum Gasteiger partial charge on any atom is 0.293 e. The number of benzene rings is 1. The number of nitrogens with zero attached hydrogens (tertiary/aromatic N) is 1. The van der Waals surface area contributed by atoms with Crippen molar-refractivity contribution in [1.29, 1.82) is 0 Å². The normalized spacial score (nSPS) is 11.0. The van der Waals surface area contributed by atoms with Gasteiger partial charge in [0.05, 0.1) is 16.4 Å². The Bertz CT molecular complexity index is 644. The van der Waals surface area contributed by atoms with Crippen molar-refractivity contribution in [3.63, 3.8) is 0 Å². The summed E-state index contributed by atoms with van der Waals surface area (Å²) in [6.07, 6.45) is 0. The van der Waals surface area contributed by atoms with Crippen LogP contribution in [0.1, 0.15) is 6.92 Å². The van der Waals surface area contributed by atoms with Crippen LogP contribution in [0.5, 0.6) is 0 Å². The Balaban J connectivity index is 3.01. The lowest BCUT2D eigenvalue weighted by atomic mass is 10.3. The van der Waals surface area contributed by atoms with Crippen LogP contribution in [0.4, 0.5) is 11.4 Å². The van der Waals surface area contributed by atoms with Crippen LogP contribution in [0.3, 0.4) is 0 Å². The molecule has 0 spiro atoms. The van der Waals surface area contributed by atoms with E-state index in [-0.39, 0.29) is 16.3 Å². The van der Waals surface area contributed by atoms with E-state index in [2.05, 4.69) is 15.4 Å². The van der Waals surface area contributed by atoms with Gasteiger partial charge >= 0.3 is 0 Å². The fraction of sp³-hybridized carbons (Fsp3) is 0.364. The minimum Gasteiger partial charge on any atom is -0.383 e. The summed E-state index contributed by atoms with van der Waals surface area (Å²) < 4.78 is 26.0. The van der Waals surface area contributed by atoms with Gasteiger partial charge in [-0.2, -0.15) is 0 Å². The molecule has 1 amide bonds. The van der Waals surface area contributed by atoms with Crippen LogP contribution in [0.2, 0.25) is 0 Å². The Morgan fingerprint density at radius 1 is 1.38 bits per heavy atom. The number of likely N-dealkylation sites (N-methyl/N-ethyl adjacent to an activating group) is 1. The summed E-state index contributed by atoms with van der Waals surface area (Å²) >= 11 is 0. The van der Waals surface area contributed by atoms with E-state index in [9.17, 15) is 23.3 Å². The minimum atomic E-state index is -4.00. The molecular weight excluding hydrogens is 300 g/mol. The minimum absolute atomic E-state index is 0.197. The molecule has 10 heteroatoms.